The standard InChI is InChI=1S/C9H8O3/c1-5-7-4-6(10)2-3-8(7)12-9(5)11/h2-5,10H,1H3. The number of fused-ring (bicyclic) bond motifs is 1. The number of phenolic OH excluding ortho intramolecular Hbond substituents is 1. The van der Waals surface area contributed by atoms with E-state index in [2.05, 4.69) is 0 Å². The Morgan fingerprint density at radius 2 is 2.25 bits per heavy atom. The second kappa shape index (κ2) is 2.24. The van der Waals surface area contributed by atoms with Crippen molar-refractivity contribution in [3.8, 4) is 11.5 Å². The van der Waals surface area contributed by atoms with Gasteiger partial charge in [-0.05, 0) is 25.1 Å². The molecule has 1 atom stereocenters. The highest BCUT2D eigenvalue weighted by molar-refractivity contribution is 5.85. The first-order valence-electron chi connectivity index (χ1n) is 3.73. The van der Waals surface area contributed by atoms with Crippen LogP contribution in [0.15, 0.2) is 18.2 Å². The summed E-state index contributed by atoms with van der Waals surface area (Å²) in [5.74, 6) is 0.215. The lowest BCUT2D eigenvalue weighted by Gasteiger charge is -1.98. The number of carbonyl (C=O) groups excluding carboxylic acids is 1. The molecule has 0 aliphatic carbocycles. The summed E-state index contributed by atoms with van der Waals surface area (Å²) < 4.78 is 4.92. The highest BCUT2D eigenvalue weighted by Crippen LogP contribution is 2.36. The van der Waals surface area contributed by atoms with Gasteiger partial charge in [-0.3, -0.25) is 4.79 Å². The van der Waals surface area contributed by atoms with Gasteiger partial charge >= 0.3 is 5.97 Å². The smallest absolute Gasteiger partial charge is 0.318 e. The van der Waals surface area contributed by atoms with Crippen LogP contribution in [0.25, 0.3) is 0 Å². The Hall–Kier alpha value is -1.51. The fourth-order valence-corrected chi connectivity index (χ4v) is 1.29. The highest BCUT2D eigenvalue weighted by Gasteiger charge is 2.29. The fourth-order valence-electron chi connectivity index (χ4n) is 1.29. The maximum Gasteiger partial charge on any atom is 0.318 e. The van der Waals surface area contributed by atoms with Crippen LogP contribution in [0.4, 0.5) is 0 Å². The molecule has 1 aliphatic rings. The number of aromatic hydroxyl groups is 1. The van der Waals surface area contributed by atoms with E-state index in [0.717, 1.165) is 5.56 Å². The average Bonchev–Trinajstić information content (AvgIpc) is 2.31. The number of phenols is 1. The van der Waals surface area contributed by atoms with Crippen molar-refractivity contribution in [3.63, 3.8) is 0 Å². The van der Waals surface area contributed by atoms with E-state index in [4.69, 9.17) is 9.84 Å². The van der Waals surface area contributed by atoms with Gasteiger partial charge in [-0.15, -0.1) is 0 Å². The van der Waals surface area contributed by atoms with Crippen LogP contribution >= 0.6 is 0 Å². The molecule has 1 unspecified atom stereocenters. The van der Waals surface area contributed by atoms with Crippen molar-refractivity contribution in [3.05, 3.63) is 23.8 Å². The predicted octanol–water partition coefficient (Wildman–Crippen LogP) is 1.41. The molecule has 1 aromatic carbocycles. The molecule has 0 fully saturated rings. The van der Waals surface area contributed by atoms with E-state index in [0.29, 0.717) is 5.75 Å². The molecule has 0 bridgehead atoms. The molecule has 62 valence electrons. The molecule has 0 saturated heterocycles. The van der Waals surface area contributed by atoms with Crippen LogP contribution in [0.5, 0.6) is 11.5 Å². The fraction of sp³-hybridized carbons (Fsp3) is 0.222. The van der Waals surface area contributed by atoms with Crippen LogP contribution in [0, 0.1) is 0 Å². The molecule has 0 amide bonds. The van der Waals surface area contributed by atoms with Crippen molar-refractivity contribution in [2.75, 3.05) is 0 Å². The molecule has 1 N–H and O–H groups in total. The van der Waals surface area contributed by atoms with Crippen molar-refractivity contribution in [1.82, 2.24) is 0 Å². The van der Waals surface area contributed by atoms with E-state index in [1.54, 1.807) is 19.1 Å². The van der Waals surface area contributed by atoms with Gasteiger partial charge in [0, 0.05) is 5.56 Å². The van der Waals surface area contributed by atoms with Crippen molar-refractivity contribution in [1.29, 1.82) is 0 Å². The van der Waals surface area contributed by atoms with Crippen LogP contribution in [-0.2, 0) is 4.79 Å². The van der Waals surface area contributed by atoms with Gasteiger partial charge in [-0.1, -0.05) is 0 Å². The zero-order valence-corrected chi connectivity index (χ0v) is 6.57. The molecule has 1 aromatic rings. The summed E-state index contributed by atoms with van der Waals surface area (Å²) in [6.07, 6.45) is 0. The van der Waals surface area contributed by atoms with Crippen LogP contribution in [0.3, 0.4) is 0 Å². The van der Waals surface area contributed by atoms with Crippen LogP contribution in [0.1, 0.15) is 18.4 Å². The number of hydrogen-bond donors (Lipinski definition) is 1. The lowest BCUT2D eigenvalue weighted by Crippen LogP contribution is -2.05. The first-order valence-corrected chi connectivity index (χ1v) is 3.73. The molecular formula is C9H8O3. The third-order valence-electron chi connectivity index (χ3n) is 2.02. The molecule has 12 heavy (non-hydrogen) atoms. The molecule has 3 heteroatoms. The normalized spacial score (nSPS) is 20.4. The van der Waals surface area contributed by atoms with Crippen LogP contribution < -0.4 is 4.74 Å². The van der Waals surface area contributed by atoms with E-state index >= 15 is 0 Å². The topological polar surface area (TPSA) is 46.5 Å². The Morgan fingerprint density at radius 3 is 3.00 bits per heavy atom. The minimum Gasteiger partial charge on any atom is -0.508 e. The summed E-state index contributed by atoms with van der Waals surface area (Å²) in [5, 5.41) is 9.13. The highest BCUT2D eigenvalue weighted by atomic mass is 16.5. The summed E-state index contributed by atoms with van der Waals surface area (Å²) in [4.78, 5) is 11.0. The third kappa shape index (κ3) is 0.863. The van der Waals surface area contributed by atoms with E-state index < -0.39 is 0 Å². The number of hydrogen-bond acceptors (Lipinski definition) is 3. The molecule has 0 spiro atoms. The summed E-state index contributed by atoms with van der Waals surface area (Å²) in [7, 11) is 0. The van der Waals surface area contributed by atoms with Gasteiger partial charge in [-0.25, -0.2) is 0 Å². The largest absolute Gasteiger partial charge is 0.508 e. The quantitative estimate of drug-likeness (QED) is 0.466. The summed E-state index contributed by atoms with van der Waals surface area (Å²) in [6, 6.07) is 4.67. The molecule has 1 heterocycles. The van der Waals surface area contributed by atoms with Gasteiger partial charge in [0.1, 0.15) is 11.5 Å². The second-order valence-corrected chi connectivity index (χ2v) is 2.86. The zero-order chi connectivity index (χ0) is 8.72. The predicted molar refractivity (Wildman–Crippen MR) is 42.2 cm³/mol. The summed E-state index contributed by atoms with van der Waals surface area (Å²) in [5.41, 5.74) is 0.764. The van der Waals surface area contributed by atoms with Crippen LogP contribution in [-0.4, -0.2) is 11.1 Å². The molecule has 3 nitrogen and oxygen atoms in total. The molecular weight excluding hydrogens is 156 g/mol. The maximum atomic E-state index is 11.0. The minimum absolute atomic E-state index is 0.166. The van der Waals surface area contributed by atoms with E-state index in [-0.39, 0.29) is 17.6 Å². The summed E-state index contributed by atoms with van der Waals surface area (Å²) in [6.45, 7) is 1.76. The van der Waals surface area contributed by atoms with Crippen molar-refractivity contribution >= 4 is 5.97 Å². The zero-order valence-electron chi connectivity index (χ0n) is 6.57. The first-order chi connectivity index (χ1) is 5.68. The maximum absolute atomic E-state index is 11.0. The molecule has 0 saturated carbocycles. The Balaban J connectivity index is 2.55. The molecule has 0 radical (unpaired) electrons. The molecule has 1 aliphatic heterocycles. The number of benzene rings is 1. The Bertz CT molecular complexity index is 344. The first kappa shape index (κ1) is 7.16. The monoisotopic (exact) mass is 164 g/mol. The minimum atomic E-state index is -0.257. The number of carbonyl (C=O) groups is 1. The lowest BCUT2D eigenvalue weighted by atomic mass is 10.0. The van der Waals surface area contributed by atoms with Crippen molar-refractivity contribution in [2.24, 2.45) is 0 Å². The van der Waals surface area contributed by atoms with Gasteiger partial charge in [0.25, 0.3) is 0 Å². The number of esters is 1. The Kier molecular flexibility index (Phi) is 1.33. The number of rotatable bonds is 0. The average molecular weight is 164 g/mol. The van der Waals surface area contributed by atoms with Crippen molar-refractivity contribution in [2.45, 2.75) is 12.8 Å². The number of ether oxygens (including phenoxy) is 1. The SMILES string of the molecule is CC1C(=O)Oc2ccc(O)cc21. The van der Waals surface area contributed by atoms with Gasteiger partial charge in [0.2, 0.25) is 0 Å². The summed E-state index contributed by atoms with van der Waals surface area (Å²) >= 11 is 0. The van der Waals surface area contributed by atoms with Gasteiger partial charge in [-0.2, -0.15) is 0 Å². The van der Waals surface area contributed by atoms with E-state index in [1.807, 2.05) is 0 Å². The Labute approximate surface area is 69.6 Å². The van der Waals surface area contributed by atoms with E-state index in [1.165, 1.54) is 6.07 Å². The van der Waals surface area contributed by atoms with Gasteiger partial charge in [0.15, 0.2) is 0 Å². The molecule has 2 rings (SSSR count). The van der Waals surface area contributed by atoms with Crippen molar-refractivity contribution < 1.29 is 14.6 Å². The third-order valence-corrected chi connectivity index (χ3v) is 2.02. The lowest BCUT2D eigenvalue weighted by molar-refractivity contribution is -0.133. The van der Waals surface area contributed by atoms with Gasteiger partial charge < -0.3 is 9.84 Å². The van der Waals surface area contributed by atoms with Crippen LogP contribution in [0.2, 0.25) is 0 Å². The van der Waals surface area contributed by atoms with E-state index in [9.17, 15) is 4.79 Å². The Morgan fingerprint density at radius 1 is 1.50 bits per heavy atom. The second-order valence-electron chi connectivity index (χ2n) is 2.86. The molecule has 0 aromatic heterocycles. The van der Waals surface area contributed by atoms with Gasteiger partial charge in [0.05, 0.1) is 5.92 Å².